The molecule has 0 radical (unpaired) electrons. The average Bonchev–Trinajstić information content (AvgIpc) is 2.63. The molecule has 0 N–H and O–H groups in total. The molecule has 0 aromatic heterocycles. The Hall–Kier alpha value is -2.30. The van der Waals surface area contributed by atoms with Gasteiger partial charge < -0.3 is 0 Å². The van der Waals surface area contributed by atoms with Crippen molar-refractivity contribution < 1.29 is 8.42 Å². The highest BCUT2D eigenvalue weighted by Gasteiger charge is 2.14. The molecule has 3 aromatic carbocycles. The van der Waals surface area contributed by atoms with Crippen LogP contribution in [0.2, 0.25) is 0 Å². The van der Waals surface area contributed by atoms with E-state index in [0.29, 0.717) is 9.80 Å². The van der Waals surface area contributed by atoms with Gasteiger partial charge in [-0.05, 0) is 36.8 Å². The Balaban J connectivity index is 2.05. The van der Waals surface area contributed by atoms with E-state index >= 15 is 0 Å². The minimum absolute atomic E-state index is 0.299. The van der Waals surface area contributed by atoms with Gasteiger partial charge in [0.25, 0.3) is 0 Å². The molecular weight excluding hydrogens is 348 g/mol. The van der Waals surface area contributed by atoms with E-state index in [0.717, 1.165) is 16.0 Å². The Kier molecular flexibility index (Phi) is 5.41. The summed E-state index contributed by atoms with van der Waals surface area (Å²) >= 11 is 1.46. The van der Waals surface area contributed by atoms with Crippen LogP contribution in [0.1, 0.15) is 11.1 Å². The first kappa shape index (κ1) is 17.5. The summed E-state index contributed by atoms with van der Waals surface area (Å²) in [5.74, 6) is 0. The lowest BCUT2D eigenvalue weighted by Gasteiger charge is -2.09. The van der Waals surface area contributed by atoms with Gasteiger partial charge in [-0.2, -0.15) is 0 Å². The summed E-state index contributed by atoms with van der Waals surface area (Å²) in [5, 5.41) is 1.37. The Morgan fingerprint density at radius 1 is 0.840 bits per heavy atom. The van der Waals surface area contributed by atoms with Crippen LogP contribution in [0.15, 0.2) is 100 Å². The van der Waals surface area contributed by atoms with Crippen LogP contribution < -0.4 is 0 Å². The maximum Gasteiger partial charge on any atom is 0.200 e. The molecule has 0 spiro atoms. The van der Waals surface area contributed by atoms with Gasteiger partial charge in [0, 0.05) is 9.80 Å². The summed E-state index contributed by atoms with van der Waals surface area (Å²) in [5.41, 5.74) is 2.02. The number of rotatable bonds is 5. The number of hydrogen-bond donors (Lipinski definition) is 0. The first-order valence-corrected chi connectivity index (χ1v) is 10.2. The Morgan fingerprint density at radius 3 is 2.12 bits per heavy atom. The molecule has 0 amide bonds. The van der Waals surface area contributed by atoms with E-state index in [9.17, 15) is 8.42 Å². The predicted molar refractivity (Wildman–Crippen MR) is 105 cm³/mol. The number of thioether (sulfide) groups is 1. The monoisotopic (exact) mass is 366 g/mol. The molecule has 0 saturated carbocycles. The first-order valence-electron chi connectivity index (χ1n) is 7.86. The van der Waals surface area contributed by atoms with Crippen molar-refractivity contribution in [3.05, 3.63) is 101 Å². The van der Waals surface area contributed by atoms with Gasteiger partial charge in [-0.25, -0.2) is 8.42 Å². The van der Waals surface area contributed by atoms with Gasteiger partial charge in [0.1, 0.15) is 0 Å². The van der Waals surface area contributed by atoms with Crippen molar-refractivity contribution >= 4 is 26.5 Å². The molecule has 3 aromatic rings. The third-order valence-electron chi connectivity index (χ3n) is 3.61. The highest BCUT2D eigenvalue weighted by Crippen LogP contribution is 2.36. The quantitative estimate of drug-likeness (QED) is 0.554. The maximum atomic E-state index is 12.8. The van der Waals surface area contributed by atoms with E-state index in [4.69, 9.17) is 0 Å². The SMILES string of the molecule is Cc1cccc(S/C(=C/S(=O)(=O)c2ccccc2)c2ccccc2)c1. The number of aryl methyl sites for hydroxylation is 1. The Bertz CT molecular complexity index is 977. The second kappa shape index (κ2) is 7.72. The second-order valence-corrected chi connectivity index (χ2v) is 8.54. The second-order valence-electron chi connectivity index (χ2n) is 5.62. The average molecular weight is 367 g/mol. The smallest absolute Gasteiger partial charge is 0.200 e. The minimum Gasteiger partial charge on any atom is -0.219 e. The van der Waals surface area contributed by atoms with Crippen molar-refractivity contribution in [2.45, 2.75) is 16.7 Å². The minimum atomic E-state index is -3.52. The van der Waals surface area contributed by atoms with Crippen LogP contribution in [0.5, 0.6) is 0 Å². The van der Waals surface area contributed by atoms with Crippen molar-refractivity contribution in [3.63, 3.8) is 0 Å². The van der Waals surface area contributed by atoms with E-state index in [1.807, 2.05) is 61.5 Å². The number of benzene rings is 3. The van der Waals surface area contributed by atoms with E-state index in [2.05, 4.69) is 6.07 Å². The fraction of sp³-hybridized carbons (Fsp3) is 0.0476. The van der Waals surface area contributed by atoms with Gasteiger partial charge in [0.15, 0.2) is 0 Å². The summed E-state index contributed by atoms with van der Waals surface area (Å²) in [7, 11) is -3.52. The normalized spacial score (nSPS) is 12.1. The zero-order valence-electron chi connectivity index (χ0n) is 13.8. The summed E-state index contributed by atoms with van der Waals surface area (Å²) < 4.78 is 25.6. The highest BCUT2D eigenvalue weighted by molar-refractivity contribution is 8.09. The Morgan fingerprint density at radius 2 is 1.48 bits per heavy atom. The molecule has 25 heavy (non-hydrogen) atoms. The maximum absolute atomic E-state index is 12.8. The summed E-state index contributed by atoms with van der Waals surface area (Å²) in [6.07, 6.45) is 0. The van der Waals surface area contributed by atoms with Crippen LogP contribution >= 0.6 is 11.8 Å². The fourth-order valence-electron chi connectivity index (χ4n) is 2.38. The van der Waals surface area contributed by atoms with Gasteiger partial charge in [-0.1, -0.05) is 78.0 Å². The highest BCUT2D eigenvalue weighted by atomic mass is 32.2. The zero-order chi connectivity index (χ0) is 17.7. The molecule has 126 valence electrons. The first-order chi connectivity index (χ1) is 12.0. The van der Waals surface area contributed by atoms with Crippen molar-refractivity contribution in [3.8, 4) is 0 Å². The fourth-order valence-corrected chi connectivity index (χ4v) is 4.94. The van der Waals surface area contributed by atoms with E-state index < -0.39 is 9.84 Å². The van der Waals surface area contributed by atoms with Crippen LogP contribution in [0.3, 0.4) is 0 Å². The molecule has 0 aliphatic carbocycles. The van der Waals surface area contributed by atoms with Gasteiger partial charge in [0.05, 0.1) is 10.3 Å². The number of sulfone groups is 1. The summed E-state index contributed by atoms with van der Waals surface area (Å²) in [6.45, 7) is 2.02. The summed E-state index contributed by atoms with van der Waals surface area (Å²) in [6, 6.07) is 26.1. The molecule has 4 heteroatoms. The largest absolute Gasteiger partial charge is 0.219 e. The van der Waals surface area contributed by atoms with Crippen LogP contribution in [0.4, 0.5) is 0 Å². The van der Waals surface area contributed by atoms with Crippen molar-refractivity contribution in [2.75, 3.05) is 0 Å². The van der Waals surface area contributed by atoms with Crippen LogP contribution in [0, 0.1) is 6.92 Å². The van der Waals surface area contributed by atoms with Gasteiger partial charge >= 0.3 is 0 Å². The predicted octanol–water partition coefficient (Wildman–Crippen LogP) is 5.56. The molecule has 0 fully saturated rings. The molecule has 0 saturated heterocycles. The standard InChI is InChI=1S/C21H18O2S2/c1-17-9-8-12-19(15-17)24-21(18-10-4-2-5-11-18)16-25(22,23)20-13-6-3-7-14-20/h2-16H,1H3/b21-16+. The zero-order valence-corrected chi connectivity index (χ0v) is 15.4. The van der Waals surface area contributed by atoms with Crippen molar-refractivity contribution in [1.29, 1.82) is 0 Å². The molecule has 2 nitrogen and oxygen atoms in total. The van der Waals surface area contributed by atoms with Crippen LogP contribution in [0.25, 0.3) is 4.91 Å². The van der Waals surface area contributed by atoms with Crippen LogP contribution in [-0.2, 0) is 9.84 Å². The molecule has 0 aliphatic rings. The molecule has 0 heterocycles. The Labute approximate surface area is 153 Å². The summed E-state index contributed by atoms with van der Waals surface area (Å²) in [4.78, 5) is 2.02. The number of hydrogen-bond acceptors (Lipinski definition) is 3. The third-order valence-corrected chi connectivity index (χ3v) is 6.30. The van der Waals surface area contributed by atoms with Gasteiger partial charge in [-0.3, -0.25) is 0 Å². The van der Waals surface area contributed by atoms with E-state index in [1.54, 1.807) is 24.3 Å². The topological polar surface area (TPSA) is 34.1 Å². The lowest BCUT2D eigenvalue weighted by Crippen LogP contribution is -1.97. The van der Waals surface area contributed by atoms with Gasteiger partial charge in [-0.15, -0.1) is 0 Å². The van der Waals surface area contributed by atoms with E-state index in [1.165, 1.54) is 17.2 Å². The van der Waals surface area contributed by atoms with E-state index in [-0.39, 0.29) is 0 Å². The lowest BCUT2D eigenvalue weighted by molar-refractivity contribution is 0.605. The molecule has 3 rings (SSSR count). The molecule has 0 bridgehead atoms. The molecular formula is C21H18O2S2. The third kappa shape index (κ3) is 4.62. The molecule has 0 aliphatic heterocycles. The molecule has 0 atom stereocenters. The lowest BCUT2D eigenvalue weighted by atomic mass is 10.2. The molecule has 0 unspecified atom stereocenters. The van der Waals surface area contributed by atoms with Crippen molar-refractivity contribution in [1.82, 2.24) is 0 Å². The van der Waals surface area contributed by atoms with Gasteiger partial charge in [0.2, 0.25) is 9.84 Å². The van der Waals surface area contributed by atoms with Crippen molar-refractivity contribution in [2.24, 2.45) is 0 Å². The van der Waals surface area contributed by atoms with Crippen LogP contribution in [-0.4, -0.2) is 8.42 Å².